The van der Waals surface area contributed by atoms with E-state index in [9.17, 15) is 0 Å². The molecule has 0 atom stereocenters. The number of hydrogen-bond donors (Lipinski definition) is 0. The van der Waals surface area contributed by atoms with E-state index in [1.54, 1.807) is 6.08 Å². The first kappa shape index (κ1) is 9.28. The number of rotatable bonds is 1. The Morgan fingerprint density at radius 2 is 2.15 bits per heavy atom. The average Bonchev–Trinajstić information content (AvgIpc) is 2.18. The first-order chi connectivity index (χ1) is 6.31. The predicted molar refractivity (Wildman–Crippen MR) is 55.2 cm³/mol. The normalized spacial score (nSPS) is 12.6. The van der Waals surface area contributed by atoms with Crippen LogP contribution in [-0.4, -0.2) is 0 Å². The Morgan fingerprint density at radius 3 is 2.69 bits per heavy atom. The molecule has 1 rings (SSSR count). The molecule has 0 amide bonds. The molecule has 0 aliphatic heterocycles. The van der Waals surface area contributed by atoms with Gasteiger partial charge in [0.2, 0.25) is 0 Å². The Morgan fingerprint density at radius 1 is 1.38 bits per heavy atom. The van der Waals surface area contributed by atoms with E-state index in [0.717, 1.165) is 10.4 Å². The number of allylic oxidation sites excluding steroid dienone is 1. The maximum absolute atomic E-state index is 8.69. The molecule has 1 heteroatoms. The van der Waals surface area contributed by atoms with Gasteiger partial charge in [0, 0.05) is 0 Å². The molecule has 1 nitrogen and oxygen atoms in total. The lowest BCUT2D eigenvalue weighted by Gasteiger charge is -1.90. The Kier molecular flexibility index (Phi) is 3.05. The summed E-state index contributed by atoms with van der Waals surface area (Å²) in [6, 6.07) is 7.72. The number of benzene rings is 1. The number of nitrogens with zero attached hydrogens (tertiary/aromatic N) is 1. The van der Waals surface area contributed by atoms with Crippen molar-refractivity contribution in [3.05, 3.63) is 46.9 Å². The molecular weight excluding hydrogens is 158 g/mol. The minimum atomic E-state index is 0.679. The quantitative estimate of drug-likeness (QED) is 0.622. The summed E-state index contributed by atoms with van der Waals surface area (Å²) in [4.78, 5) is 0. The summed E-state index contributed by atoms with van der Waals surface area (Å²) >= 11 is 0. The molecule has 0 unspecified atom stereocenters. The molecule has 0 spiro atoms. The lowest BCUT2D eigenvalue weighted by molar-refractivity contribution is 1.44. The maximum atomic E-state index is 8.69. The Balaban J connectivity index is 3.56. The zero-order valence-corrected chi connectivity index (χ0v) is 7.62. The Bertz CT molecular complexity index is 461. The van der Waals surface area contributed by atoms with Gasteiger partial charge in [-0.1, -0.05) is 30.9 Å². The van der Waals surface area contributed by atoms with Crippen molar-refractivity contribution >= 4 is 12.2 Å². The van der Waals surface area contributed by atoms with Gasteiger partial charge in [0.25, 0.3) is 0 Å². The van der Waals surface area contributed by atoms with Crippen molar-refractivity contribution in [2.75, 3.05) is 0 Å². The second-order valence-electron chi connectivity index (χ2n) is 2.65. The highest BCUT2D eigenvalue weighted by Crippen LogP contribution is 1.87. The van der Waals surface area contributed by atoms with Gasteiger partial charge in [0.15, 0.2) is 0 Å². The molecule has 13 heavy (non-hydrogen) atoms. The van der Waals surface area contributed by atoms with Crippen LogP contribution in [0.15, 0.2) is 30.9 Å². The molecule has 0 radical (unpaired) electrons. The molecule has 64 valence electrons. The summed E-state index contributed by atoms with van der Waals surface area (Å²) in [5, 5.41) is 10.9. The van der Waals surface area contributed by atoms with E-state index in [-0.39, 0.29) is 0 Å². The van der Waals surface area contributed by atoms with Gasteiger partial charge in [0.05, 0.1) is 11.6 Å². The zero-order chi connectivity index (χ0) is 9.68. The molecule has 1 aromatic rings. The van der Waals surface area contributed by atoms with E-state index < -0.39 is 0 Å². The lowest BCUT2D eigenvalue weighted by atomic mass is 10.1. The smallest absolute Gasteiger partial charge is 0.0991 e. The van der Waals surface area contributed by atoms with Gasteiger partial charge in [-0.2, -0.15) is 5.26 Å². The van der Waals surface area contributed by atoms with E-state index in [1.165, 1.54) is 0 Å². The van der Waals surface area contributed by atoms with Gasteiger partial charge in [-0.15, -0.1) is 0 Å². The summed E-state index contributed by atoms with van der Waals surface area (Å²) in [5.41, 5.74) is 0.679. The first-order valence-electron chi connectivity index (χ1n) is 4.11. The molecule has 0 saturated heterocycles. The number of hydrogen-bond acceptors (Lipinski definition) is 1. The van der Waals surface area contributed by atoms with Gasteiger partial charge < -0.3 is 0 Å². The summed E-state index contributed by atoms with van der Waals surface area (Å²) in [6.45, 7) is 5.61. The molecule has 0 fully saturated rings. The van der Waals surface area contributed by atoms with Gasteiger partial charge >= 0.3 is 0 Å². The largest absolute Gasteiger partial charge is 0.192 e. The van der Waals surface area contributed by atoms with Crippen molar-refractivity contribution in [3.63, 3.8) is 0 Å². The van der Waals surface area contributed by atoms with Crippen molar-refractivity contribution in [1.82, 2.24) is 0 Å². The zero-order valence-electron chi connectivity index (χ0n) is 7.62. The van der Waals surface area contributed by atoms with Crippen molar-refractivity contribution in [3.8, 4) is 6.07 Å². The van der Waals surface area contributed by atoms with Crippen LogP contribution in [-0.2, 0) is 0 Å². The highest BCUT2D eigenvalue weighted by atomic mass is 14.2. The van der Waals surface area contributed by atoms with Crippen LogP contribution in [0.5, 0.6) is 0 Å². The van der Waals surface area contributed by atoms with Crippen LogP contribution in [0.3, 0.4) is 0 Å². The minimum Gasteiger partial charge on any atom is -0.192 e. The highest BCUT2D eigenvalue weighted by molar-refractivity contribution is 5.41. The number of nitriles is 1. The monoisotopic (exact) mass is 169 g/mol. The summed E-state index contributed by atoms with van der Waals surface area (Å²) in [6.07, 6.45) is 5.64. The van der Waals surface area contributed by atoms with Crippen molar-refractivity contribution in [2.45, 2.75) is 6.92 Å². The van der Waals surface area contributed by atoms with E-state index in [2.05, 4.69) is 12.6 Å². The van der Waals surface area contributed by atoms with Crippen LogP contribution in [0.4, 0.5) is 0 Å². The summed E-state index contributed by atoms with van der Waals surface area (Å²) in [7, 11) is 0. The van der Waals surface area contributed by atoms with Crippen molar-refractivity contribution in [1.29, 1.82) is 5.26 Å². The first-order valence-corrected chi connectivity index (χ1v) is 4.11. The van der Waals surface area contributed by atoms with Crippen LogP contribution in [0.25, 0.3) is 12.2 Å². The van der Waals surface area contributed by atoms with E-state index in [0.29, 0.717) is 5.56 Å². The Hall–Kier alpha value is -1.81. The topological polar surface area (TPSA) is 23.8 Å². The van der Waals surface area contributed by atoms with Crippen LogP contribution >= 0.6 is 0 Å². The van der Waals surface area contributed by atoms with Gasteiger partial charge in [0.1, 0.15) is 0 Å². The van der Waals surface area contributed by atoms with Crippen LogP contribution in [0, 0.1) is 11.3 Å². The molecule has 0 N–H and O–H groups in total. The van der Waals surface area contributed by atoms with E-state index >= 15 is 0 Å². The molecule has 0 heterocycles. The SMILES string of the molecule is C=C/C=c1/cc(C#N)cc/c1=C/C. The third kappa shape index (κ3) is 2.07. The van der Waals surface area contributed by atoms with Crippen LogP contribution in [0.1, 0.15) is 12.5 Å². The molecule has 0 bridgehead atoms. The molecule has 0 aliphatic rings. The third-order valence-electron chi connectivity index (χ3n) is 1.82. The Labute approximate surface area is 77.9 Å². The highest BCUT2D eigenvalue weighted by Gasteiger charge is 1.88. The van der Waals surface area contributed by atoms with Crippen molar-refractivity contribution < 1.29 is 0 Å². The van der Waals surface area contributed by atoms with Gasteiger partial charge in [-0.3, -0.25) is 0 Å². The molecule has 0 aliphatic carbocycles. The van der Waals surface area contributed by atoms with E-state index in [4.69, 9.17) is 5.26 Å². The molecule has 0 aromatic heterocycles. The summed E-state index contributed by atoms with van der Waals surface area (Å²) < 4.78 is 0. The van der Waals surface area contributed by atoms with Crippen LogP contribution < -0.4 is 10.4 Å². The fraction of sp³-hybridized carbons (Fsp3) is 0.0833. The fourth-order valence-corrected chi connectivity index (χ4v) is 1.18. The molecular formula is C12H11N. The molecule has 0 saturated carbocycles. The summed E-state index contributed by atoms with van der Waals surface area (Å²) in [5.74, 6) is 0. The van der Waals surface area contributed by atoms with Crippen LogP contribution in [0.2, 0.25) is 0 Å². The second-order valence-corrected chi connectivity index (χ2v) is 2.65. The predicted octanol–water partition coefficient (Wildman–Crippen LogP) is 1.33. The third-order valence-corrected chi connectivity index (χ3v) is 1.82. The maximum Gasteiger partial charge on any atom is 0.0991 e. The van der Waals surface area contributed by atoms with Gasteiger partial charge in [-0.05, 0) is 29.5 Å². The lowest BCUT2D eigenvalue weighted by Crippen LogP contribution is -2.23. The second kappa shape index (κ2) is 4.27. The molecule has 1 aromatic carbocycles. The standard InChI is InChI=1S/C12H11N/c1-3-5-12-8-10(9-13)6-7-11(12)4-2/h3-8H,1H2,2H3/b11-4-,12-5-. The van der Waals surface area contributed by atoms with Crippen molar-refractivity contribution in [2.24, 2.45) is 0 Å². The van der Waals surface area contributed by atoms with Gasteiger partial charge in [-0.25, -0.2) is 0 Å². The average molecular weight is 169 g/mol. The minimum absolute atomic E-state index is 0.679. The van der Waals surface area contributed by atoms with E-state index in [1.807, 2.05) is 37.3 Å². The fourth-order valence-electron chi connectivity index (χ4n) is 1.18.